The van der Waals surface area contributed by atoms with Gasteiger partial charge in [-0.3, -0.25) is 4.79 Å². The van der Waals surface area contributed by atoms with Gasteiger partial charge in [-0.2, -0.15) is 0 Å². The van der Waals surface area contributed by atoms with E-state index < -0.39 is 0 Å². The highest BCUT2D eigenvalue weighted by molar-refractivity contribution is 9.09. The Morgan fingerprint density at radius 1 is 1.27 bits per heavy atom. The van der Waals surface area contributed by atoms with Crippen LogP contribution in [0.4, 0.5) is 5.69 Å². The predicted molar refractivity (Wildman–Crippen MR) is 68.5 cm³/mol. The Morgan fingerprint density at radius 3 is 2.27 bits per heavy atom. The standard InChI is InChI=1S/C9H7BrCl3NO/c10-2-1-8(15)14-5-3-6(11)9(13)7(12)4-5/h3-4H,1-2H2,(H,14,15). The lowest BCUT2D eigenvalue weighted by Gasteiger charge is -2.06. The molecule has 0 atom stereocenters. The fourth-order valence-electron chi connectivity index (χ4n) is 0.937. The third-order valence-electron chi connectivity index (χ3n) is 1.59. The van der Waals surface area contributed by atoms with E-state index in [4.69, 9.17) is 34.8 Å². The van der Waals surface area contributed by atoms with E-state index in [-0.39, 0.29) is 10.9 Å². The number of hydrogen-bond acceptors (Lipinski definition) is 1. The largest absolute Gasteiger partial charge is 0.326 e. The van der Waals surface area contributed by atoms with Gasteiger partial charge in [0.25, 0.3) is 0 Å². The summed E-state index contributed by atoms with van der Waals surface area (Å²) >= 11 is 20.5. The van der Waals surface area contributed by atoms with Crippen LogP contribution in [-0.4, -0.2) is 11.2 Å². The lowest BCUT2D eigenvalue weighted by molar-refractivity contribution is -0.115. The van der Waals surface area contributed by atoms with Crippen LogP contribution in [0.3, 0.4) is 0 Å². The van der Waals surface area contributed by atoms with Crippen LogP contribution in [0.15, 0.2) is 12.1 Å². The molecular weight excluding hydrogens is 324 g/mol. The average Bonchev–Trinajstić information content (AvgIpc) is 2.14. The molecule has 0 fully saturated rings. The summed E-state index contributed by atoms with van der Waals surface area (Å²) in [7, 11) is 0. The minimum absolute atomic E-state index is 0.110. The summed E-state index contributed by atoms with van der Waals surface area (Å²) in [5, 5.41) is 4.18. The Balaban J connectivity index is 2.83. The van der Waals surface area contributed by atoms with Crippen molar-refractivity contribution in [1.82, 2.24) is 0 Å². The summed E-state index contributed by atoms with van der Waals surface area (Å²) in [6, 6.07) is 3.11. The van der Waals surface area contributed by atoms with Gasteiger partial charge in [-0.25, -0.2) is 0 Å². The van der Waals surface area contributed by atoms with Crippen molar-refractivity contribution in [2.75, 3.05) is 10.6 Å². The fraction of sp³-hybridized carbons (Fsp3) is 0.222. The zero-order valence-corrected chi connectivity index (χ0v) is 11.3. The van der Waals surface area contributed by atoms with Crippen molar-refractivity contribution in [3.8, 4) is 0 Å². The Kier molecular flexibility index (Phi) is 5.19. The van der Waals surface area contributed by atoms with E-state index in [2.05, 4.69) is 21.2 Å². The number of benzene rings is 1. The van der Waals surface area contributed by atoms with Gasteiger partial charge in [-0.15, -0.1) is 0 Å². The van der Waals surface area contributed by atoms with Crippen LogP contribution in [0.1, 0.15) is 6.42 Å². The molecule has 0 radical (unpaired) electrons. The summed E-state index contributed by atoms with van der Waals surface area (Å²) in [5.74, 6) is -0.110. The maximum Gasteiger partial charge on any atom is 0.225 e. The van der Waals surface area contributed by atoms with Gasteiger partial charge in [0.2, 0.25) is 5.91 Å². The Bertz CT molecular complexity index is 361. The van der Waals surface area contributed by atoms with Crippen LogP contribution in [-0.2, 0) is 4.79 Å². The molecule has 82 valence electrons. The first kappa shape index (κ1) is 13.1. The van der Waals surface area contributed by atoms with Gasteiger partial charge in [0.05, 0.1) is 15.1 Å². The topological polar surface area (TPSA) is 29.1 Å². The normalized spacial score (nSPS) is 10.1. The summed E-state index contributed by atoms with van der Waals surface area (Å²) in [6.07, 6.45) is 0.387. The maximum atomic E-state index is 11.3. The van der Waals surface area contributed by atoms with Crippen LogP contribution in [0.5, 0.6) is 0 Å². The zero-order valence-electron chi connectivity index (χ0n) is 7.49. The molecule has 6 heteroatoms. The first-order chi connectivity index (χ1) is 7.04. The van der Waals surface area contributed by atoms with Gasteiger partial charge in [-0.1, -0.05) is 50.7 Å². The quantitative estimate of drug-likeness (QED) is 0.647. The second-order valence-corrected chi connectivity index (χ2v) is 4.73. The third kappa shape index (κ3) is 3.83. The van der Waals surface area contributed by atoms with Crippen molar-refractivity contribution in [3.63, 3.8) is 0 Å². The van der Waals surface area contributed by atoms with Crippen LogP contribution in [0.2, 0.25) is 15.1 Å². The second-order valence-electron chi connectivity index (χ2n) is 2.74. The van der Waals surface area contributed by atoms with E-state index in [1.165, 1.54) is 0 Å². The second kappa shape index (κ2) is 5.94. The molecule has 0 spiro atoms. The summed E-state index contributed by atoms with van der Waals surface area (Å²) in [4.78, 5) is 11.3. The minimum Gasteiger partial charge on any atom is -0.326 e. The highest BCUT2D eigenvalue weighted by Crippen LogP contribution is 2.33. The van der Waals surface area contributed by atoms with E-state index in [1.54, 1.807) is 12.1 Å². The number of alkyl halides is 1. The van der Waals surface area contributed by atoms with E-state index in [0.717, 1.165) is 0 Å². The van der Waals surface area contributed by atoms with Crippen LogP contribution in [0.25, 0.3) is 0 Å². The van der Waals surface area contributed by atoms with E-state index in [1.807, 2.05) is 0 Å². The maximum absolute atomic E-state index is 11.3. The molecule has 0 aliphatic heterocycles. The van der Waals surface area contributed by atoms with Crippen LogP contribution in [0, 0.1) is 0 Å². The number of anilines is 1. The van der Waals surface area contributed by atoms with Crippen molar-refractivity contribution in [2.24, 2.45) is 0 Å². The molecule has 1 aromatic carbocycles. The number of rotatable bonds is 3. The number of hydrogen-bond donors (Lipinski definition) is 1. The fourth-order valence-corrected chi connectivity index (χ4v) is 1.89. The molecule has 0 unspecified atom stereocenters. The first-order valence-electron chi connectivity index (χ1n) is 4.05. The molecule has 2 nitrogen and oxygen atoms in total. The number of amides is 1. The third-order valence-corrected chi connectivity index (χ3v) is 3.18. The molecule has 0 bridgehead atoms. The van der Waals surface area contributed by atoms with E-state index in [9.17, 15) is 4.79 Å². The lowest BCUT2D eigenvalue weighted by Crippen LogP contribution is -2.11. The number of halogens is 4. The molecule has 15 heavy (non-hydrogen) atoms. The van der Waals surface area contributed by atoms with Crippen molar-refractivity contribution in [3.05, 3.63) is 27.2 Å². The molecule has 0 saturated carbocycles. The molecule has 0 aliphatic carbocycles. The Labute approximate surface area is 111 Å². The molecule has 1 rings (SSSR count). The van der Waals surface area contributed by atoms with Gasteiger partial charge >= 0.3 is 0 Å². The monoisotopic (exact) mass is 329 g/mol. The van der Waals surface area contributed by atoms with Gasteiger partial charge in [0.1, 0.15) is 0 Å². The Morgan fingerprint density at radius 2 is 1.80 bits per heavy atom. The van der Waals surface area contributed by atoms with Crippen LogP contribution < -0.4 is 5.32 Å². The summed E-state index contributed by atoms with van der Waals surface area (Å²) in [6.45, 7) is 0. The first-order valence-corrected chi connectivity index (χ1v) is 6.30. The van der Waals surface area contributed by atoms with Crippen molar-refractivity contribution in [2.45, 2.75) is 6.42 Å². The number of nitrogens with one attached hydrogen (secondary N) is 1. The van der Waals surface area contributed by atoms with Gasteiger partial charge in [-0.05, 0) is 12.1 Å². The number of carbonyl (C=O) groups is 1. The summed E-state index contributed by atoms with van der Waals surface area (Å²) in [5.41, 5.74) is 0.542. The highest BCUT2D eigenvalue weighted by atomic mass is 79.9. The molecule has 0 aromatic heterocycles. The zero-order chi connectivity index (χ0) is 11.4. The van der Waals surface area contributed by atoms with Gasteiger partial charge in [0, 0.05) is 17.4 Å². The SMILES string of the molecule is O=C(CCBr)Nc1cc(Cl)c(Cl)c(Cl)c1. The van der Waals surface area contributed by atoms with Gasteiger partial charge < -0.3 is 5.32 Å². The Hall–Kier alpha value is 0.0400. The molecular formula is C9H7BrCl3NO. The number of carbonyl (C=O) groups excluding carboxylic acids is 1. The van der Waals surface area contributed by atoms with E-state index in [0.29, 0.717) is 27.5 Å². The average molecular weight is 331 g/mol. The van der Waals surface area contributed by atoms with Crippen molar-refractivity contribution >= 4 is 62.3 Å². The minimum atomic E-state index is -0.110. The molecule has 0 aliphatic rings. The predicted octanol–water partition coefficient (Wildman–Crippen LogP) is 4.37. The molecule has 1 N–H and O–H groups in total. The summed E-state index contributed by atoms with van der Waals surface area (Å²) < 4.78 is 0. The highest BCUT2D eigenvalue weighted by Gasteiger charge is 2.07. The molecule has 0 saturated heterocycles. The van der Waals surface area contributed by atoms with Crippen molar-refractivity contribution in [1.29, 1.82) is 0 Å². The molecule has 1 aromatic rings. The molecule has 1 amide bonds. The van der Waals surface area contributed by atoms with Gasteiger partial charge in [0.15, 0.2) is 0 Å². The van der Waals surface area contributed by atoms with Crippen LogP contribution >= 0.6 is 50.7 Å². The smallest absolute Gasteiger partial charge is 0.225 e. The van der Waals surface area contributed by atoms with Crippen molar-refractivity contribution < 1.29 is 4.79 Å². The lowest BCUT2D eigenvalue weighted by atomic mass is 10.3. The molecule has 0 heterocycles. The van der Waals surface area contributed by atoms with E-state index >= 15 is 0 Å².